The Hall–Kier alpha value is -1.13. The molecule has 14 heavy (non-hydrogen) atoms. The molecule has 1 radical (unpaired) electrons. The van der Waals surface area contributed by atoms with Crippen LogP contribution >= 0.6 is 0 Å². The molecule has 0 aromatic heterocycles. The van der Waals surface area contributed by atoms with E-state index in [-0.39, 0.29) is 5.56 Å². The highest BCUT2D eigenvalue weighted by molar-refractivity contribution is 5.34. The van der Waals surface area contributed by atoms with E-state index >= 15 is 0 Å². The van der Waals surface area contributed by atoms with Crippen LogP contribution in [0.3, 0.4) is 0 Å². The molecule has 0 amide bonds. The first-order chi connectivity index (χ1) is 6.74. The highest BCUT2D eigenvalue weighted by Gasteiger charge is 2.19. The SMILES string of the molecule is COc1[c]ccc(F)c1C(OC)OC. The third kappa shape index (κ3) is 2.02. The van der Waals surface area contributed by atoms with Gasteiger partial charge >= 0.3 is 0 Å². The minimum absolute atomic E-state index is 0.222. The Morgan fingerprint density at radius 1 is 1.29 bits per heavy atom. The second kappa shape index (κ2) is 4.93. The summed E-state index contributed by atoms with van der Waals surface area (Å²) in [5.41, 5.74) is 0.222. The van der Waals surface area contributed by atoms with Gasteiger partial charge in [0.2, 0.25) is 0 Å². The molecule has 0 saturated heterocycles. The highest BCUT2D eigenvalue weighted by atomic mass is 19.1. The van der Waals surface area contributed by atoms with Gasteiger partial charge < -0.3 is 14.2 Å². The monoisotopic (exact) mass is 199 g/mol. The first kappa shape index (κ1) is 10.9. The molecular weight excluding hydrogens is 187 g/mol. The van der Waals surface area contributed by atoms with E-state index in [1.165, 1.54) is 33.5 Å². The van der Waals surface area contributed by atoms with Crippen LogP contribution in [-0.4, -0.2) is 21.3 Å². The van der Waals surface area contributed by atoms with E-state index in [2.05, 4.69) is 6.07 Å². The number of halogens is 1. The predicted octanol–water partition coefficient (Wildman–Crippen LogP) is 1.93. The maximum Gasteiger partial charge on any atom is 0.189 e. The van der Waals surface area contributed by atoms with Crippen molar-refractivity contribution in [3.05, 3.63) is 29.6 Å². The Balaban J connectivity index is 3.14. The molecule has 0 unspecified atom stereocenters. The molecule has 0 aliphatic rings. The number of rotatable bonds is 4. The third-order valence-electron chi connectivity index (χ3n) is 1.81. The Kier molecular flexibility index (Phi) is 3.85. The molecule has 0 bridgehead atoms. The van der Waals surface area contributed by atoms with Crippen molar-refractivity contribution >= 4 is 0 Å². The molecule has 0 spiro atoms. The van der Waals surface area contributed by atoms with E-state index in [0.29, 0.717) is 5.75 Å². The normalized spacial score (nSPS) is 10.6. The van der Waals surface area contributed by atoms with Crippen LogP contribution in [0.5, 0.6) is 5.75 Å². The van der Waals surface area contributed by atoms with Crippen molar-refractivity contribution in [2.45, 2.75) is 6.29 Å². The van der Waals surface area contributed by atoms with Gasteiger partial charge in [-0.05, 0) is 12.1 Å². The summed E-state index contributed by atoms with van der Waals surface area (Å²) in [5, 5.41) is 0. The van der Waals surface area contributed by atoms with Gasteiger partial charge in [-0.2, -0.15) is 0 Å². The van der Waals surface area contributed by atoms with Crippen LogP contribution < -0.4 is 4.74 Å². The van der Waals surface area contributed by atoms with Crippen molar-refractivity contribution in [1.82, 2.24) is 0 Å². The van der Waals surface area contributed by atoms with Crippen LogP contribution in [0, 0.1) is 11.9 Å². The van der Waals surface area contributed by atoms with Gasteiger partial charge in [0.05, 0.1) is 12.7 Å². The molecule has 1 aromatic carbocycles. The molecule has 4 heteroatoms. The number of ether oxygens (including phenoxy) is 3. The molecule has 0 fully saturated rings. The summed E-state index contributed by atoms with van der Waals surface area (Å²) in [6.07, 6.45) is -0.776. The van der Waals surface area contributed by atoms with Crippen molar-refractivity contribution in [3.63, 3.8) is 0 Å². The van der Waals surface area contributed by atoms with Gasteiger partial charge in [0.1, 0.15) is 11.6 Å². The van der Waals surface area contributed by atoms with Crippen molar-refractivity contribution in [1.29, 1.82) is 0 Å². The maximum atomic E-state index is 13.4. The Labute approximate surface area is 82.4 Å². The minimum atomic E-state index is -0.776. The van der Waals surface area contributed by atoms with Crippen molar-refractivity contribution in [3.8, 4) is 5.75 Å². The van der Waals surface area contributed by atoms with E-state index in [1.54, 1.807) is 0 Å². The van der Waals surface area contributed by atoms with Gasteiger partial charge in [-0.15, -0.1) is 0 Å². The lowest BCUT2D eigenvalue weighted by Gasteiger charge is -2.16. The number of benzene rings is 1. The highest BCUT2D eigenvalue weighted by Crippen LogP contribution is 2.29. The average molecular weight is 199 g/mol. The van der Waals surface area contributed by atoms with E-state index in [1.807, 2.05) is 0 Å². The summed E-state index contributed by atoms with van der Waals surface area (Å²) < 4.78 is 28.2. The van der Waals surface area contributed by atoms with Crippen LogP contribution in [0.1, 0.15) is 11.9 Å². The molecule has 0 heterocycles. The third-order valence-corrected chi connectivity index (χ3v) is 1.81. The summed E-state index contributed by atoms with van der Waals surface area (Å²) in [6, 6.07) is 5.48. The Morgan fingerprint density at radius 2 is 1.93 bits per heavy atom. The summed E-state index contributed by atoms with van der Waals surface area (Å²) in [5.74, 6) is -0.145. The van der Waals surface area contributed by atoms with Crippen LogP contribution in [-0.2, 0) is 9.47 Å². The predicted molar refractivity (Wildman–Crippen MR) is 48.5 cm³/mol. The van der Waals surface area contributed by atoms with Crippen LogP contribution in [0.2, 0.25) is 0 Å². The van der Waals surface area contributed by atoms with Gasteiger partial charge in [0.25, 0.3) is 0 Å². The largest absolute Gasteiger partial charge is 0.496 e. The lowest BCUT2D eigenvalue weighted by Crippen LogP contribution is -2.08. The Bertz CT molecular complexity index is 297. The zero-order valence-electron chi connectivity index (χ0n) is 8.33. The molecular formula is C10H12FO3. The molecule has 0 saturated carbocycles. The van der Waals surface area contributed by atoms with Gasteiger partial charge in [0.15, 0.2) is 6.29 Å². The first-order valence-electron chi connectivity index (χ1n) is 4.04. The number of methoxy groups -OCH3 is 3. The smallest absolute Gasteiger partial charge is 0.189 e. The number of hydrogen-bond donors (Lipinski definition) is 0. The molecule has 77 valence electrons. The average Bonchev–Trinajstić information content (AvgIpc) is 2.22. The zero-order chi connectivity index (χ0) is 10.6. The topological polar surface area (TPSA) is 27.7 Å². The van der Waals surface area contributed by atoms with Gasteiger partial charge in [-0.1, -0.05) is 0 Å². The standard InChI is InChI=1S/C10H12FO3/c1-12-8-6-4-5-7(11)9(8)10(13-2)14-3/h4-5,10H,1-3H3. The first-order valence-corrected chi connectivity index (χ1v) is 4.04. The maximum absolute atomic E-state index is 13.4. The fraction of sp³-hybridized carbons (Fsp3) is 0.400. The van der Waals surface area contributed by atoms with Crippen LogP contribution in [0.4, 0.5) is 4.39 Å². The summed E-state index contributed by atoms with van der Waals surface area (Å²) in [7, 11) is 4.30. The summed E-state index contributed by atoms with van der Waals surface area (Å²) in [6.45, 7) is 0. The molecule has 1 rings (SSSR count). The van der Waals surface area contributed by atoms with Gasteiger partial charge in [-0.25, -0.2) is 4.39 Å². The molecule has 1 aromatic rings. The second-order valence-corrected chi connectivity index (χ2v) is 2.58. The number of hydrogen-bond acceptors (Lipinski definition) is 3. The lowest BCUT2D eigenvalue weighted by atomic mass is 10.2. The molecule has 0 atom stereocenters. The van der Waals surface area contributed by atoms with Crippen molar-refractivity contribution in [2.75, 3.05) is 21.3 Å². The Morgan fingerprint density at radius 3 is 2.43 bits per heavy atom. The van der Waals surface area contributed by atoms with Crippen LogP contribution in [0.15, 0.2) is 12.1 Å². The fourth-order valence-electron chi connectivity index (χ4n) is 1.19. The lowest BCUT2D eigenvalue weighted by molar-refractivity contribution is -0.108. The van der Waals surface area contributed by atoms with Gasteiger partial charge in [-0.3, -0.25) is 0 Å². The summed E-state index contributed by atoms with van der Waals surface area (Å²) >= 11 is 0. The fourth-order valence-corrected chi connectivity index (χ4v) is 1.19. The van der Waals surface area contributed by atoms with E-state index in [0.717, 1.165) is 0 Å². The van der Waals surface area contributed by atoms with Crippen LogP contribution in [0.25, 0.3) is 0 Å². The quantitative estimate of drug-likeness (QED) is 0.693. The zero-order valence-corrected chi connectivity index (χ0v) is 8.33. The van der Waals surface area contributed by atoms with Gasteiger partial charge in [0, 0.05) is 20.3 Å². The second-order valence-electron chi connectivity index (χ2n) is 2.58. The molecule has 0 N–H and O–H groups in total. The van der Waals surface area contributed by atoms with E-state index in [4.69, 9.17) is 14.2 Å². The molecule has 0 aliphatic heterocycles. The van der Waals surface area contributed by atoms with Crippen molar-refractivity contribution in [2.24, 2.45) is 0 Å². The van der Waals surface area contributed by atoms with Crippen molar-refractivity contribution < 1.29 is 18.6 Å². The molecule has 3 nitrogen and oxygen atoms in total. The van der Waals surface area contributed by atoms with E-state index in [9.17, 15) is 4.39 Å². The minimum Gasteiger partial charge on any atom is -0.496 e. The summed E-state index contributed by atoms with van der Waals surface area (Å²) in [4.78, 5) is 0. The molecule has 0 aliphatic carbocycles. The van der Waals surface area contributed by atoms with E-state index < -0.39 is 12.1 Å².